The summed E-state index contributed by atoms with van der Waals surface area (Å²) in [6.07, 6.45) is 3.48. The van der Waals surface area contributed by atoms with Gasteiger partial charge in [0.15, 0.2) is 12.2 Å². The SMILES string of the molecule is Br.COc1cccc(C(=O)C[n+]2ccc(-c3cccc(Cl)c3)nc2)c1. The minimum Gasteiger partial charge on any atom is -0.497 e. The van der Waals surface area contributed by atoms with E-state index in [4.69, 9.17) is 16.3 Å². The summed E-state index contributed by atoms with van der Waals surface area (Å²) in [4.78, 5) is 16.8. The molecule has 0 spiro atoms. The van der Waals surface area contributed by atoms with E-state index >= 15 is 0 Å². The minimum absolute atomic E-state index is 0. The molecular formula is C19H17BrClN2O2+. The summed E-state index contributed by atoms with van der Waals surface area (Å²) < 4.78 is 6.89. The molecule has 0 saturated heterocycles. The number of benzene rings is 2. The first-order valence-electron chi connectivity index (χ1n) is 7.44. The Morgan fingerprint density at radius 3 is 2.64 bits per heavy atom. The first-order valence-corrected chi connectivity index (χ1v) is 7.82. The molecule has 0 aliphatic heterocycles. The molecule has 2 aromatic carbocycles. The number of methoxy groups -OCH3 is 1. The Morgan fingerprint density at radius 2 is 1.96 bits per heavy atom. The molecule has 0 N–H and O–H groups in total. The molecular weight excluding hydrogens is 404 g/mol. The van der Waals surface area contributed by atoms with Gasteiger partial charge in [-0.05, 0) is 29.2 Å². The van der Waals surface area contributed by atoms with Crippen LogP contribution in [0.5, 0.6) is 5.75 Å². The Balaban J connectivity index is 0.00000225. The van der Waals surface area contributed by atoms with E-state index in [0.29, 0.717) is 16.3 Å². The number of Topliss-reactive ketones (excluding diaryl/α,β-unsaturated/α-hetero) is 1. The number of aromatic nitrogens is 2. The normalized spacial score (nSPS) is 10.0. The van der Waals surface area contributed by atoms with E-state index in [-0.39, 0.29) is 29.3 Å². The van der Waals surface area contributed by atoms with E-state index in [2.05, 4.69) is 4.98 Å². The van der Waals surface area contributed by atoms with E-state index in [9.17, 15) is 4.79 Å². The quantitative estimate of drug-likeness (QED) is 0.460. The van der Waals surface area contributed by atoms with Crippen LogP contribution in [0.2, 0.25) is 5.02 Å². The van der Waals surface area contributed by atoms with E-state index in [1.54, 1.807) is 36.2 Å². The van der Waals surface area contributed by atoms with Crippen LogP contribution in [0.25, 0.3) is 11.3 Å². The lowest BCUT2D eigenvalue weighted by molar-refractivity contribution is -0.686. The average Bonchev–Trinajstić information content (AvgIpc) is 2.62. The van der Waals surface area contributed by atoms with Crippen molar-refractivity contribution in [2.45, 2.75) is 6.54 Å². The summed E-state index contributed by atoms with van der Waals surface area (Å²) in [6, 6.07) is 16.5. The van der Waals surface area contributed by atoms with Gasteiger partial charge in [-0.2, -0.15) is 0 Å². The fourth-order valence-corrected chi connectivity index (χ4v) is 2.54. The number of hydrogen-bond donors (Lipinski definition) is 0. The largest absolute Gasteiger partial charge is 0.497 e. The number of hydrogen-bond acceptors (Lipinski definition) is 3. The monoisotopic (exact) mass is 419 g/mol. The second-order valence-corrected chi connectivity index (χ2v) is 5.72. The van der Waals surface area contributed by atoms with Crippen molar-refractivity contribution in [3.8, 4) is 17.0 Å². The summed E-state index contributed by atoms with van der Waals surface area (Å²) >= 11 is 6.00. The molecule has 0 radical (unpaired) electrons. The number of nitrogens with zero attached hydrogens (tertiary/aromatic N) is 2. The zero-order valence-electron chi connectivity index (χ0n) is 13.6. The smallest absolute Gasteiger partial charge is 0.287 e. The van der Waals surface area contributed by atoms with Crippen molar-refractivity contribution in [2.24, 2.45) is 0 Å². The highest BCUT2D eigenvalue weighted by atomic mass is 79.9. The molecule has 0 atom stereocenters. The van der Waals surface area contributed by atoms with Crippen LogP contribution in [0.15, 0.2) is 67.1 Å². The Labute approximate surface area is 161 Å². The third kappa shape index (κ3) is 4.87. The Hall–Kier alpha value is -2.24. The van der Waals surface area contributed by atoms with Crippen LogP contribution in [0, 0.1) is 0 Å². The maximum atomic E-state index is 12.4. The van der Waals surface area contributed by atoms with Crippen LogP contribution in [0.4, 0.5) is 0 Å². The maximum absolute atomic E-state index is 12.4. The van der Waals surface area contributed by atoms with Gasteiger partial charge in [-0.15, -0.1) is 17.0 Å². The lowest BCUT2D eigenvalue weighted by Gasteiger charge is -2.03. The van der Waals surface area contributed by atoms with Gasteiger partial charge in [0.25, 0.3) is 6.33 Å². The van der Waals surface area contributed by atoms with Gasteiger partial charge < -0.3 is 4.74 Å². The molecule has 0 aliphatic rings. The maximum Gasteiger partial charge on any atom is 0.287 e. The molecule has 3 aromatic rings. The zero-order valence-corrected chi connectivity index (χ0v) is 16.0. The molecule has 0 saturated carbocycles. The first-order chi connectivity index (χ1) is 11.7. The Bertz CT molecular complexity index is 869. The van der Waals surface area contributed by atoms with Gasteiger partial charge in [0.2, 0.25) is 5.78 Å². The fourth-order valence-electron chi connectivity index (χ4n) is 2.35. The molecule has 4 nitrogen and oxygen atoms in total. The Morgan fingerprint density at radius 1 is 1.16 bits per heavy atom. The summed E-state index contributed by atoms with van der Waals surface area (Å²) in [5, 5.41) is 0.666. The van der Waals surface area contributed by atoms with Crippen LogP contribution in [0.1, 0.15) is 10.4 Å². The predicted octanol–water partition coefficient (Wildman–Crippen LogP) is 4.16. The minimum atomic E-state index is -0.00351. The highest BCUT2D eigenvalue weighted by Gasteiger charge is 2.12. The van der Waals surface area contributed by atoms with Crippen LogP contribution >= 0.6 is 28.6 Å². The van der Waals surface area contributed by atoms with Gasteiger partial charge in [-0.1, -0.05) is 35.9 Å². The van der Waals surface area contributed by atoms with E-state index in [1.807, 2.05) is 42.6 Å². The van der Waals surface area contributed by atoms with Gasteiger partial charge in [0.05, 0.1) is 13.3 Å². The highest BCUT2D eigenvalue weighted by Crippen LogP contribution is 2.19. The van der Waals surface area contributed by atoms with Crippen molar-refractivity contribution in [1.29, 1.82) is 0 Å². The molecule has 0 unspecified atom stereocenters. The number of carbonyl (C=O) groups is 1. The van der Waals surface area contributed by atoms with Gasteiger partial charge in [0, 0.05) is 22.2 Å². The van der Waals surface area contributed by atoms with Crippen molar-refractivity contribution in [3.63, 3.8) is 0 Å². The number of ether oxygens (including phenoxy) is 1. The lowest BCUT2D eigenvalue weighted by atomic mass is 10.1. The number of rotatable bonds is 5. The average molecular weight is 421 g/mol. The molecule has 0 fully saturated rings. The third-order valence-electron chi connectivity index (χ3n) is 3.61. The van der Waals surface area contributed by atoms with Gasteiger partial charge in [0.1, 0.15) is 5.75 Å². The van der Waals surface area contributed by atoms with Crippen LogP contribution in [0.3, 0.4) is 0 Å². The first kappa shape index (κ1) is 19.1. The van der Waals surface area contributed by atoms with Crippen LogP contribution in [-0.2, 0) is 6.54 Å². The van der Waals surface area contributed by atoms with Crippen LogP contribution < -0.4 is 9.30 Å². The Kier molecular flexibility index (Phi) is 6.67. The fraction of sp³-hybridized carbons (Fsp3) is 0.105. The molecule has 0 bridgehead atoms. The van der Waals surface area contributed by atoms with Gasteiger partial charge in [-0.3, -0.25) is 4.79 Å². The van der Waals surface area contributed by atoms with Crippen molar-refractivity contribution in [2.75, 3.05) is 7.11 Å². The van der Waals surface area contributed by atoms with E-state index < -0.39 is 0 Å². The number of carbonyl (C=O) groups excluding carboxylic acids is 1. The van der Waals surface area contributed by atoms with E-state index in [1.165, 1.54) is 0 Å². The van der Waals surface area contributed by atoms with Crippen LogP contribution in [-0.4, -0.2) is 17.9 Å². The molecule has 1 heterocycles. The second kappa shape index (κ2) is 8.74. The van der Waals surface area contributed by atoms with Crippen molar-refractivity contribution in [3.05, 3.63) is 77.7 Å². The predicted molar refractivity (Wildman–Crippen MR) is 103 cm³/mol. The van der Waals surface area contributed by atoms with Gasteiger partial charge in [-0.25, -0.2) is 4.57 Å². The standard InChI is InChI=1S/C19H16ClN2O2.BrH/c1-24-17-7-3-5-15(11-17)19(23)12-22-9-8-18(21-13-22)14-4-2-6-16(20)10-14;/h2-11,13H,12H2,1H3;1H/q+1;. The molecule has 0 aliphatic carbocycles. The van der Waals surface area contributed by atoms with Crippen molar-refractivity contribution < 1.29 is 14.1 Å². The molecule has 3 rings (SSSR count). The molecule has 1 aromatic heterocycles. The van der Waals surface area contributed by atoms with E-state index in [0.717, 1.165) is 11.3 Å². The van der Waals surface area contributed by atoms with Gasteiger partial charge >= 0.3 is 0 Å². The lowest BCUT2D eigenvalue weighted by Crippen LogP contribution is -2.37. The topological polar surface area (TPSA) is 43.1 Å². The summed E-state index contributed by atoms with van der Waals surface area (Å²) in [6.45, 7) is 0.218. The second-order valence-electron chi connectivity index (χ2n) is 5.28. The molecule has 6 heteroatoms. The summed E-state index contributed by atoms with van der Waals surface area (Å²) in [5.74, 6) is 0.663. The molecule has 0 amide bonds. The summed E-state index contributed by atoms with van der Waals surface area (Å²) in [5.41, 5.74) is 2.36. The van der Waals surface area contributed by atoms with Crippen molar-refractivity contribution in [1.82, 2.24) is 4.98 Å². The van der Waals surface area contributed by atoms with Crippen molar-refractivity contribution >= 4 is 34.4 Å². The zero-order chi connectivity index (χ0) is 16.9. The number of halogens is 2. The molecule has 25 heavy (non-hydrogen) atoms. The number of ketones is 1. The third-order valence-corrected chi connectivity index (χ3v) is 3.84. The highest BCUT2D eigenvalue weighted by molar-refractivity contribution is 8.93. The molecule has 128 valence electrons. The summed E-state index contributed by atoms with van der Waals surface area (Å²) in [7, 11) is 1.58.